The summed E-state index contributed by atoms with van der Waals surface area (Å²) in [5.74, 6) is 0.0243. The van der Waals surface area contributed by atoms with Gasteiger partial charge in [0.2, 0.25) is 5.91 Å². The fraction of sp³-hybridized carbons (Fsp3) is 0.609. The molecule has 1 aliphatic carbocycles. The lowest BCUT2D eigenvalue weighted by Crippen LogP contribution is -2.45. The van der Waals surface area contributed by atoms with E-state index in [2.05, 4.69) is 23.9 Å². The molecular formula is C23H35NO5. The molecule has 6 nitrogen and oxygen atoms in total. The van der Waals surface area contributed by atoms with Gasteiger partial charge < -0.3 is 15.2 Å². The molecule has 1 aromatic rings. The third-order valence-corrected chi connectivity index (χ3v) is 5.33. The van der Waals surface area contributed by atoms with Crippen LogP contribution in [0.3, 0.4) is 0 Å². The highest BCUT2D eigenvalue weighted by Crippen LogP contribution is 2.33. The van der Waals surface area contributed by atoms with Gasteiger partial charge in [-0.25, -0.2) is 4.79 Å². The van der Waals surface area contributed by atoms with E-state index in [4.69, 9.17) is 0 Å². The monoisotopic (exact) mass is 405 g/mol. The zero-order valence-corrected chi connectivity index (χ0v) is 18.0. The minimum Gasteiger partial charge on any atom is -0.480 e. The predicted molar refractivity (Wildman–Crippen MR) is 112 cm³/mol. The number of ether oxygens (including phenoxy) is 1. The number of carbonyl (C=O) groups excluding carboxylic acids is 2. The van der Waals surface area contributed by atoms with Crippen LogP contribution in [0, 0.1) is 17.8 Å². The van der Waals surface area contributed by atoms with Crippen molar-refractivity contribution in [2.45, 2.75) is 65.8 Å². The predicted octanol–water partition coefficient (Wildman–Crippen LogP) is 3.83. The van der Waals surface area contributed by atoms with Crippen LogP contribution in [-0.2, 0) is 25.5 Å². The van der Waals surface area contributed by atoms with Gasteiger partial charge in [-0.05, 0) is 50.0 Å². The molecule has 0 unspecified atom stereocenters. The molecule has 0 spiro atoms. The maximum absolute atomic E-state index is 12.4. The molecule has 1 fully saturated rings. The van der Waals surface area contributed by atoms with Gasteiger partial charge >= 0.3 is 11.9 Å². The molecule has 1 amide bonds. The van der Waals surface area contributed by atoms with Gasteiger partial charge in [-0.3, -0.25) is 9.59 Å². The smallest absolute Gasteiger partial charge is 0.326 e. The molecule has 1 aromatic carbocycles. The summed E-state index contributed by atoms with van der Waals surface area (Å²) in [4.78, 5) is 33.7. The summed E-state index contributed by atoms with van der Waals surface area (Å²) in [6.07, 6.45) is 4.18. The van der Waals surface area contributed by atoms with Crippen LogP contribution >= 0.6 is 0 Å². The summed E-state index contributed by atoms with van der Waals surface area (Å²) in [6.45, 7) is 8.11. The van der Waals surface area contributed by atoms with Gasteiger partial charge in [0, 0.05) is 19.3 Å². The summed E-state index contributed by atoms with van der Waals surface area (Å²) in [5, 5.41) is 12.1. The van der Waals surface area contributed by atoms with Crippen molar-refractivity contribution in [3.05, 3.63) is 35.9 Å². The number of rotatable bonds is 7. The van der Waals surface area contributed by atoms with Crippen LogP contribution in [-0.4, -0.2) is 35.6 Å². The number of aliphatic carboxylic acids is 1. The second-order valence-electron chi connectivity index (χ2n) is 7.87. The number of carbonyl (C=O) groups is 3. The lowest BCUT2D eigenvalue weighted by atomic mass is 9.76. The second kappa shape index (κ2) is 13.0. The van der Waals surface area contributed by atoms with Gasteiger partial charge in [0.1, 0.15) is 6.04 Å². The second-order valence-corrected chi connectivity index (χ2v) is 7.87. The van der Waals surface area contributed by atoms with Crippen molar-refractivity contribution in [2.24, 2.45) is 17.8 Å². The van der Waals surface area contributed by atoms with Crippen molar-refractivity contribution in [1.29, 1.82) is 0 Å². The average Bonchev–Trinajstić information content (AvgIpc) is 2.68. The van der Waals surface area contributed by atoms with E-state index in [0.29, 0.717) is 24.9 Å². The van der Waals surface area contributed by atoms with E-state index in [-0.39, 0.29) is 17.8 Å². The molecule has 1 saturated carbocycles. The molecule has 162 valence electrons. The Hall–Kier alpha value is -2.37. The zero-order chi connectivity index (χ0) is 21.8. The minimum atomic E-state index is -0.974. The largest absolute Gasteiger partial charge is 0.480 e. The molecule has 1 atom stereocenters. The Bertz CT molecular complexity index is 636. The lowest BCUT2D eigenvalue weighted by molar-refractivity contribution is -0.142. The Morgan fingerprint density at radius 1 is 1.10 bits per heavy atom. The minimum absolute atomic E-state index is 0.0392. The van der Waals surface area contributed by atoms with Gasteiger partial charge in [0.25, 0.3) is 0 Å². The Balaban J connectivity index is 0.000000612. The Labute approximate surface area is 174 Å². The van der Waals surface area contributed by atoms with E-state index in [1.54, 1.807) is 6.92 Å². The molecule has 0 bridgehead atoms. The maximum Gasteiger partial charge on any atom is 0.326 e. The molecule has 2 N–H and O–H groups in total. The molecule has 0 radical (unpaired) electrons. The van der Waals surface area contributed by atoms with Crippen LogP contribution < -0.4 is 5.32 Å². The van der Waals surface area contributed by atoms with Crippen LogP contribution in [0.2, 0.25) is 0 Å². The van der Waals surface area contributed by atoms with Gasteiger partial charge in [0.05, 0.1) is 6.61 Å². The first kappa shape index (κ1) is 24.7. The first-order chi connectivity index (χ1) is 13.7. The summed E-state index contributed by atoms with van der Waals surface area (Å²) in [5.41, 5.74) is 0.920. The zero-order valence-electron chi connectivity index (χ0n) is 18.0. The van der Waals surface area contributed by atoms with Gasteiger partial charge in [0.15, 0.2) is 0 Å². The summed E-state index contributed by atoms with van der Waals surface area (Å²) < 4.78 is 4.40. The third kappa shape index (κ3) is 9.59. The normalized spacial score (nSPS) is 19.5. The fourth-order valence-corrected chi connectivity index (χ4v) is 3.59. The quantitative estimate of drug-likeness (QED) is 0.673. The van der Waals surface area contributed by atoms with E-state index >= 15 is 0 Å². The Kier molecular flexibility index (Phi) is 11.0. The van der Waals surface area contributed by atoms with E-state index in [0.717, 1.165) is 31.2 Å². The number of benzene rings is 1. The number of esters is 1. The van der Waals surface area contributed by atoms with Gasteiger partial charge in [-0.2, -0.15) is 0 Å². The number of hydrogen-bond acceptors (Lipinski definition) is 4. The topological polar surface area (TPSA) is 92.7 Å². The van der Waals surface area contributed by atoms with E-state index < -0.39 is 12.0 Å². The van der Waals surface area contributed by atoms with Crippen LogP contribution in [0.4, 0.5) is 0 Å². The SMILES string of the molecule is CC(C)[C@H]1CC[C@H](C(=O)N[C@H](Cc2ccccc2)C(=O)O)CC1.CCOC(C)=O. The maximum atomic E-state index is 12.4. The molecule has 29 heavy (non-hydrogen) atoms. The number of nitrogens with one attached hydrogen (secondary N) is 1. The molecule has 0 aliphatic heterocycles. The Morgan fingerprint density at radius 2 is 1.69 bits per heavy atom. The highest BCUT2D eigenvalue weighted by molar-refractivity contribution is 5.85. The van der Waals surface area contributed by atoms with Crippen LogP contribution in [0.5, 0.6) is 0 Å². The summed E-state index contributed by atoms with van der Waals surface area (Å²) in [6, 6.07) is 8.57. The van der Waals surface area contributed by atoms with Gasteiger partial charge in [-0.15, -0.1) is 0 Å². The Morgan fingerprint density at radius 3 is 2.10 bits per heavy atom. The van der Waals surface area contributed by atoms with Gasteiger partial charge in [-0.1, -0.05) is 44.2 Å². The van der Waals surface area contributed by atoms with Crippen molar-refractivity contribution in [1.82, 2.24) is 5.32 Å². The first-order valence-electron chi connectivity index (χ1n) is 10.4. The summed E-state index contributed by atoms with van der Waals surface area (Å²) in [7, 11) is 0. The van der Waals surface area contributed by atoms with Crippen molar-refractivity contribution in [3.63, 3.8) is 0 Å². The molecule has 0 heterocycles. The molecule has 0 aromatic heterocycles. The number of carboxylic acid groups (broad SMARTS) is 1. The lowest BCUT2D eigenvalue weighted by Gasteiger charge is -2.30. The number of hydrogen-bond donors (Lipinski definition) is 2. The van der Waals surface area contributed by atoms with Crippen molar-refractivity contribution >= 4 is 17.8 Å². The molecule has 6 heteroatoms. The molecule has 2 rings (SSSR count). The van der Waals surface area contributed by atoms with E-state index in [9.17, 15) is 19.5 Å². The fourth-order valence-electron chi connectivity index (χ4n) is 3.59. The van der Waals surface area contributed by atoms with E-state index in [1.807, 2.05) is 30.3 Å². The van der Waals surface area contributed by atoms with Crippen molar-refractivity contribution in [2.75, 3.05) is 6.61 Å². The van der Waals surface area contributed by atoms with Crippen LogP contribution in [0.25, 0.3) is 0 Å². The standard InChI is InChI=1S/C19H27NO3.C4H8O2/c1-13(2)15-8-10-16(11-9-15)18(21)20-17(19(22)23)12-14-6-4-3-5-7-14;1-3-6-4(2)5/h3-7,13,15-17H,8-12H2,1-2H3,(H,20,21)(H,22,23);3H2,1-2H3/t15-,16-,17-;/m1./s1. The van der Waals surface area contributed by atoms with Crippen molar-refractivity contribution in [3.8, 4) is 0 Å². The summed E-state index contributed by atoms with van der Waals surface area (Å²) >= 11 is 0. The van der Waals surface area contributed by atoms with Crippen LogP contribution in [0.15, 0.2) is 30.3 Å². The number of carboxylic acids is 1. The van der Waals surface area contributed by atoms with E-state index in [1.165, 1.54) is 6.92 Å². The molecular weight excluding hydrogens is 370 g/mol. The third-order valence-electron chi connectivity index (χ3n) is 5.33. The first-order valence-corrected chi connectivity index (χ1v) is 10.4. The average molecular weight is 406 g/mol. The van der Waals surface area contributed by atoms with Crippen molar-refractivity contribution < 1.29 is 24.2 Å². The van der Waals surface area contributed by atoms with Crippen LogP contribution in [0.1, 0.15) is 58.9 Å². The number of amides is 1. The molecule has 0 saturated heterocycles. The molecule has 1 aliphatic rings. The highest BCUT2D eigenvalue weighted by atomic mass is 16.5. The highest BCUT2D eigenvalue weighted by Gasteiger charge is 2.30.